The van der Waals surface area contributed by atoms with Gasteiger partial charge in [-0.2, -0.15) is 5.26 Å². The van der Waals surface area contributed by atoms with Gasteiger partial charge in [0.15, 0.2) is 0 Å². The smallest absolute Gasteiger partial charge is 0.226 e. The SMILES string of the molecule is CCc1cccc(C)c1N(CCC(=O)Nc1ccccc1C#N)C(C)=O. The van der Waals surface area contributed by atoms with E-state index in [2.05, 4.69) is 11.4 Å². The van der Waals surface area contributed by atoms with E-state index < -0.39 is 0 Å². The Hall–Kier alpha value is -3.13. The Labute approximate surface area is 154 Å². The zero-order chi connectivity index (χ0) is 19.1. The number of hydrogen-bond acceptors (Lipinski definition) is 3. The average Bonchev–Trinajstić information content (AvgIpc) is 2.63. The minimum Gasteiger partial charge on any atom is -0.325 e. The van der Waals surface area contributed by atoms with E-state index >= 15 is 0 Å². The van der Waals surface area contributed by atoms with Crippen molar-refractivity contribution >= 4 is 23.2 Å². The molecular weight excluding hydrogens is 326 g/mol. The summed E-state index contributed by atoms with van der Waals surface area (Å²) < 4.78 is 0. The molecule has 2 amide bonds. The fourth-order valence-electron chi connectivity index (χ4n) is 2.93. The van der Waals surface area contributed by atoms with Gasteiger partial charge in [-0.05, 0) is 36.6 Å². The van der Waals surface area contributed by atoms with E-state index in [1.54, 1.807) is 29.2 Å². The van der Waals surface area contributed by atoms with Crippen molar-refractivity contribution in [1.82, 2.24) is 0 Å². The van der Waals surface area contributed by atoms with Crippen LogP contribution in [0.1, 0.15) is 37.0 Å². The summed E-state index contributed by atoms with van der Waals surface area (Å²) in [7, 11) is 0. The molecule has 0 aliphatic rings. The van der Waals surface area contributed by atoms with Gasteiger partial charge in [-0.1, -0.05) is 37.3 Å². The third-order valence-electron chi connectivity index (χ3n) is 4.24. The van der Waals surface area contributed by atoms with Crippen molar-refractivity contribution in [3.8, 4) is 6.07 Å². The molecule has 26 heavy (non-hydrogen) atoms. The summed E-state index contributed by atoms with van der Waals surface area (Å²) in [6.07, 6.45) is 0.958. The third-order valence-corrected chi connectivity index (χ3v) is 4.24. The first kappa shape index (κ1) is 19.2. The number of nitrogens with one attached hydrogen (secondary N) is 1. The minimum absolute atomic E-state index is 0.0979. The molecule has 0 aromatic heterocycles. The van der Waals surface area contributed by atoms with E-state index in [-0.39, 0.29) is 24.8 Å². The van der Waals surface area contributed by atoms with Crippen molar-refractivity contribution in [3.05, 3.63) is 59.2 Å². The Morgan fingerprint density at radius 2 is 1.88 bits per heavy atom. The monoisotopic (exact) mass is 349 g/mol. The summed E-state index contributed by atoms with van der Waals surface area (Å²) in [5, 5.41) is 11.9. The molecule has 0 atom stereocenters. The molecule has 0 radical (unpaired) electrons. The van der Waals surface area contributed by atoms with Crippen LogP contribution in [-0.2, 0) is 16.0 Å². The molecule has 0 unspecified atom stereocenters. The van der Waals surface area contributed by atoms with Crippen LogP contribution in [-0.4, -0.2) is 18.4 Å². The number of nitrogens with zero attached hydrogens (tertiary/aromatic N) is 2. The van der Waals surface area contributed by atoms with Gasteiger partial charge in [0.2, 0.25) is 11.8 Å². The van der Waals surface area contributed by atoms with Crippen LogP contribution in [0.5, 0.6) is 0 Å². The second kappa shape index (κ2) is 8.82. The maximum Gasteiger partial charge on any atom is 0.226 e. The predicted molar refractivity (Wildman–Crippen MR) is 103 cm³/mol. The maximum absolute atomic E-state index is 12.3. The summed E-state index contributed by atoms with van der Waals surface area (Å²) in [5.41, 5.74) is 3.87. The normalized spacial score (nSPS) is 10.1. The molecular formula is C21H23N3O2. The van der Waals surface area contributed by atoms with E-state index in [1.807, 2.05) is 32.0 Å². The Balaban J connectivity index is 2.14. The van der Waals surface area contributed by atoms with Gasteiger partial charge in [0, 0.05) is 25.6 Å². The molecule has 0 aliphatic heterocycles. The zero-order valence-electron chi connectivity index (χ0n) is 15.4. The van der Waals surface area contributed by atoms with Crippen molar-refractivity contribution in [2.75, 3.05) is 16.8 Å². The van der Waals surface area contributed by atoms with E-state index in [0.717, 1.165) is 23.2 Å². The molecule has 5 nitrogen and oxygen atoms in total. The number of amides is 2. The van der Waals surface area contributed by atoms with Crippen LogP contribution in [0.25, 0.3) is 0 Å². The van der Waals surface area contributed by atoms with Crippen LogP contribution < -0.4 is 10.2 Å². The number of carbonyl (C=O) groups is 2. The van der Waals surface area contributed by atoms with Crippen molar-refractivity contribution < 1.29 is 9.59 Å². The van der Waals surface area contributed by atoms with E-state index in [9.17, 15) is 9.59 Å². The first-order valence-electron chi connectivity index (χ1n) is 8.63. The van der Waals surface area contributed by atoms with E-state index in [0.29, 0.717) is 11.3 Å². The summed E-state index contributed by atoms with van der Waals surface area (Å²) in [4.78, 5) is 26.2. The molecule has 134 valence electrons. The van der Waals surface area contributed by atoms with Gasteiger partial charge in [-0.15, -0.1) is 0 Å². The van der Waals surface area contributed by atoms with Gasteiger partial charge in [0.25, 0.3) is 0 Å². The largest absolute Gasteiger partial charge is 0.325 e. The second-order valence-corrected chi connectivity index (χ2v) is 6.06. The van der Waals surface area contributed by atoms with Crippen molar-refractivity contribution in [1.29, 1.82) is 5.26 Å². The highest BCUT2D eigenvalue weighted by atomic mass is 16.2. The minimum atomic E-state index is -0.231. The van der Waals surface area contributed by atoms with E-state index in [1.165, 1.54) is 6.92 Å². The molecule has 0 saturated heterocycles. The molecule has 0 saturated carbocycles. The van der Waals surface area contributed by atoms with Gasteiger partial charge in [-0.3, -0.25) is 9.59 Å². The average molecular weight is 349 g/mol. The molecule has 0 fully saturated rings. The highest BCUT2D eigenvalue weighted by Crippen LogP contribution is 2.26. The van der Waals surface area contributed by atoms with Crippen LogP contribution in [0.4, 0.5) is 11.4 Å². The van der Waals surface area contributed by atoms with Crippen LogP contribution in [0, 0.1) is 18.3 Å². The lowest BCUT2D eigenvalue weighted by Gasteiger charge is -2.25. The third kappa shape index (κ3) is 4.48. The lowest BCUT2D eigenvalue weighted by molar-refractivity contribution is -0.117. The summed E-state index contributed by atoms with van der Waals surface area (Å²) in [6, 6.07) is 14.8. The molecule has 2 aromatic rings. The molecule has 0 aliphatic carbocycles. The van der Waals surface area contributed by atoms with Gasteiger partial charge in [0.05, 0.1) is 11.3 Å². The van der Waals surface area contributed by atoms with Crippen molar-refractivity contribution in [3.63, 3.8) is 0 Å². The number of nitriles is 1. The van der Waals surface area contributed by atoms with Crippen LogP contribution in [0.2, 0.25) is 0 Å². The fraction of sp³-hybridized carbons (Fsp3) is 0.286. The maximum atomic E-state index is 12.3. The molecule has 2 rings (SSSR count). The molecule has 1 N–H and O–H groups in total. The van der Waals surface area contributed by atoms with Crippen LogP contribution >= 0.6 is 0 Å². The van der Waals surface area contributed by atoms with E-state index in [4.69, 9.17) is 5.26 Å². The predicted octanol–water partition coefficient (Wildman–Crippen LogP) is 3.81. The number of para-hydroxylation sites is 2. The number of aryl methyl sites for hydroxylation is 2. The summed E-state index contributed by atoms with van der Waals surface area (Å²) in [5.74, 6) is -0.329. The first-order chi connectivity index (χ1) is 12.5. The first-order valence-corrected chi connectivity index (χ1v) is 8.63. The highest BCUT2D eigenvalue weighted by Gasteiger charge is 2.18. The lowest BCUT2D eigenvalue weighted by Crippen LogP contribution is -2.33. The summed E-state index contributed by atoms with van der Waals surface area (Å²) in [6.45, 7) is 5.80. The molecule has 2 aromatic carbocycles. The van der Waals surface area contributed by atoms with Gasteiger partial charge in [0.1, 0.15) is 6.07 Å². The van der Waals surface area contributed by atoms with Crippen LogP contribution in [0.15, 0.2) is 42.5 Å². The van der Waals surface area contributed by atoms with Gasteiger partial charge < -0.3 is 10.2 Å². The number of anilines is 2. The Bertz CT molecular complexity index is 853. The number of benzene rings is 2. The second-order valence-electron chi connectivity index (χ2n) is 6.06. The molecule has 0 spiro atoms. The Morgan fingerprint density at radius 3 is 2.54 bits per heavy atom. The number of carbonyl (C=O) groups excluding carboxylic acids is 2. The van der Waals surface area contributed by atoms with Crippen molar-refractivity contribution in [2.45, 2.75) is 33.6 Å². The molecule has 5 heteroatoms. The topological polar surface area (TPSA) is 73.2 Å². The summed E-state index contributed by atoms with van der Waals surface area (Å²) >= 11 is 0. The quantitative estimate of drug-likeness (QED) is 0.862. The Kier molecular flexibility index (Phi) is 6.51. The number of rotatable bonds is 6. The fourth-order valence-corrected chi connectivity index (χ4v) is 2.93. The standard InChI is InChI=1S/C21H23N3O2/c1-4-17-10-7-8-15(2)21(17)24(16(3)25)13-12-20(26)23-19-11-6-5-9-18(19)14-22/h5-11H,4,12-13H2,1-3H3,(H,23,26). The zero-order valence-corrected chi connectivity index (χ0v) is 15.4. The van der Waals surface area contributed by atoms with Crippen LogP contribution in [0.3, 0.4) is 0 Å². The van der Waals surface area contributed by atoms with Gasteiger partial charge >= 0.3 is 0 Å². The highest BCUT2D eigenvalue weighted by molar-refractivity contribution is 5.96. The van der Waals surface area contributed by atoms with Gasteiger partial charge in [-0.25, -0.2) is 0 Å². The Morgan fingerprint density at radius 1 is 1.15 bits per heavy atom. The molecule has 0 bridgehead atoms. The number of hydrogen-bond donors (Lipinski definition) is 1. The van der Waals surface area contributed by atoms with Crippen molar-refractivity contribution in [2.24, 2.45) is 0 Å². The molecule has 0 heterocycles. The lowest BCUT2D eigenvalue weighted by atomic mass is 10.0.